The van der Waals surface area contributed by atoms with Crippen molar-refractivity contribution in [3.8, 4) is 17.1 Å². The first kappa shape index (κ1) is 25.9. The van der Waals surface area contributed by atoms with Crippen LogP contribution in [0.15, 0.2) is 48.0 Å². The standard InChI is InChI=1S/C29H33N5O4S/c1-20-26(34-11-8-23(18-25(34)30-20)38-17-14-33-12-15-37-16-13-33)24-19-39-28(31-24)29(9-2-3-10-29)22-6-4-21(5-7-22)27(35)32-36/h4-8,11,18-19,36H,2-3,9-10,12-17H2,1H3,(H,32,35). The monoisotopic (exact) mass is 547 g/mol. The summed E-state index contributed by atoms with van der Waals surface area (Å²) in [6, 6.07) is 11.5. The Morgan fingerprint density at radius 3 is 2.67 bits per heavy atom. The first-order chi connectivity index (χ1) is 19.1. The lowest BCUT2D eigenvalue weighted by atomic mass is 9.79. The van der Waals surface area contributed by atoms with Gasteiger partial charge < -0.3 is 9.47 Å². The summed E-state index contributed by atoms with van der Waals surface area (Å²) in [5.41, 5.74) is 6.80. The molecular formula is C29H33N5O4S. The Labute approximate surface area is 231 Å². The largest absolute Gasteiger partial charge is 0.492 e. The number of aryl methyl sites for hydroxylation is 1. The van der Waals surface area contributed by atoms with Crippen molar-refractivity contribution >= 4 is 22.9 Å². The van der Waals surface area contributed by atoms with Gasteiger partial charge in [0.1, 0.15) is 28.7 Å². The molecule has 1 aromatic carbocycles. The van der Waals surface area contributed by atoms with Crippen LogP contribution in [0.4, 0.5) is 0 Å². The number of hydroxylamine groups is 1. The van der Waals surface area contributed by atoms with Crippen molar-refractivity contribution < 1.29 is 19.5 Å². The van der Waals surface area contributed by atoms with Crippen LogP contribution in [0.3, 0.4) is 0 Å². The molecule has 2 aliphatic rings. The average Bonchev–Trinajstić information content (AvgIpc) is 3.72. The number of fused-ring (bicyclic) bond motifs is 1. The summed E-state index contributed by atoms with van der Waals surface area (Å²) in [5, 5.41) is 12.2. The van der Waals surface area contributed by atoms with Crippen LogP contribution in [0.2, 0.25) is 0 Å². The Morgan fingerprint density at radius 2 is 1.92 bits per heavy atom. The second kappa shape index (κ2) is 11.1. The van der Waals surface area contributed by atoms with E-state index in [1.807, 2.05) is 37.4 Å². The molecule has 1 saturated carbocycles. The third-order valence-electron chi connectivity index (χ3n) is 7.97. The zero-order valence-electron chi connectivity index (χ0n) is 22.1. The van der Waals surface area contributed by atoms with E-state index in [9.17, 15) is 4.79 Å². The highest BCUT2D eigenvalue weighted by atomic mass is 32.1. The van der Waals surface area contributed by atoms with Gasteiger partial charge in [0, 0.05) is 48.3 Å². The lowest BCUT2D eigenvalue weighted by Crippen LogP contribution is -2.38. The first-order valence-corrected chi connectivity index (χ1v) is 14.4. The summed E-state index contributed by atoms with van der Waals surface area (Å²) in [4.78, 5) is 24.2. The number of amides is 1. The molecule has 6 rings (SSSR count). The highest BCUT2D eigenvalue weighted by Gasteiger charge is 2.40. The molecule has 2 fully saturated rings. The second-order valence-corrected chi connectivity index (χ2v) is 11.1. The number of pyridine rings is 1. The zero-order valence-corrected chi connectivity index (χ0v) is 22.9. The van der Waals surface area contributed by atoms with Crippen molar-refractivity contribution in [1.29, 1.82) is 0 Å². The van der Waals surface area contributed by atoms with Crippen LogP contribution < -0.4 is 10.2 Å². The minimum absolute atomic E-state index is 0.174. The number of imidazole rings is 1. The van der Waals surface area contributed by atoms with Crippen molar-refractivity contribution in [3.63, 3.8) is 0 Å². The molecule has 204 valence electrons. The Morgan fingerprint density at radius 1 is 1.15 bits per heavy atom. The molecule has 4 aromatic rings. The molecule has 0 atom stereocenters. The molecule has 3 aromatic heterocycles. The number of nitrogens with zero attached hydrogens (tertiary/aromatic N) is 4. The van der Waals surface area contributed by atoms with Crippen molar-refractivity contribution in [1.82, 2.24) is 24.7 Å². The Kier molecular flexibility index (Phi) is 7.35. The van der Waals surface area contributed by atoms with Crippen LogP contribution in [0.25, 0.3) is 17.0 Å². The average molecular weight is 548 g/mol. The number of hydrogen-bond donors (Lipinski definition) is 2. The third-order valence-corrected chi connectivity index (χ3v) is 9.01. The van der Waals surface area contributed by atoms with Gasteiger partial charge in [-0.3, -0.25) is 19.3 Å². The van der Waals surface area contributed by atoms with Crippen LogP contribution in [-0.4, -0.2) is 69.8 Å². The van der Waals surface area contributed by atoms with Gasteiger partial charge in [-0.2, -0.15) is 0 Å². The fourth-order valence-electron chi connectivity index (χ4n) is 5.87. The van der Waals surface area contributed by atoms with Crippen molar-refractivity contribution in [2.75, 3.05) is 39.5 Å². The van der Waals surface area contributed by atoms with Gasteiger partial charge in [0.2, 0.25) is 0 Å². The van der Waals surface area contributed by atoms with Crippen molar-refractivity contribution in [2.24, 2.45) is 0 Å². The fourth-order valence-corrected chi connectivity index (χ4v) is 6.96. The van der Waals surface area contributed by atoms with E-state index in [1.165, 1.54) is 0 Å². The molecular weight excluding hydrogens is 514 g/mol. The van der Waals surface area contributed by atoms with E-state index in [1.54, 1.807) is 28.9 Å². The maximum Gasteiger partial charge on any atom is 0.274 e. The maximum absolute atomic E-state index is 11.8. The molecule has 2 N–H and O–H groups in total. The van der Waals surface area contributed by atoms with E-state index in [4.69, 9.17) is 24.6 Å². The predicted molar refractivity (Wildman–Crippen MR) is 149 cm³/mol. The van der Waals surface area contributed by atoms with Gasteiger partial charge in [-0.1, -0.05) is 25.0 Å². The summed E-state index contributed by atoms with van der Waals surface area (Å²) in [7, 11) is 0. The van der Waals surface area contributed by atoms with Gasteiger partial charge in [-0.05, 0) is 43.5 Å². The first-order valence-electron chi connectivity index (χ1n) is 13.5. The van der Waals surface area contributed by atoms with Crippen molar-refractivity contribution in [3.05, 3.63) is 69.8 Å². The van der Waals surface area contributed by atoms with Crippen LogP contribution >= 0.6 is 11.3 Å². The number of ether oxygens (including phenoxy) is 2. The third kappa shape index (κ3) is 5.05. The molecule has 4 heterocycles. The van der Waals surface area contributed by atoms with E-state index in [0.717, 1.165) is 97.6 Å². The number of rotatable bonds is 8. The number of carbonyl (C=O) groups excluding carboxylic acids is 1. The van der Waals surface area contributed by atoms with Crippen LogP contribution in [0, 0.1) is 6.92 Å². The minimum Gasteiger partial charge on any atom is -0.492 e. The highest BCUT2D eigenvalue weighted by molar-refractivity contribution is 7.10. The molecule has 0 bridgehead atoms. The topological polar surface area (TPSA) is 101 Å². The summed E-state index contributed by atoms with van der Waals surface area (Å²) >= 11 is 1.69. The summed E-state index contributed by atoms with van der Waals surface area (Å²) < 4.78 is 13.6. The van der Waals surface area contributed by atoms with Gasteiger partial charge in [0.25, 0.3) is 5.91 Å². The number of carbonyl (C=O) groups is 1. The van der Waals surface area contributed by atoms with Gasteiger partial charge in [0.15, 0.2) is 0 Å². The zero-order chi connectivity index (χ0) is 26.8. The molecule has 0 radical (unpaired) electrons. The quantitative estimate of drug-likeness (QED) is 0.248. The number of benzene rings is 1. The van der Waals surface area contributed by atoms with Crippen LogP contribution in [0.5, 0.6) is 5.75 Å². The Bertz CT molecular complexity index is 1450. The molecule has 10 heteroatoms. The molecule has 0 spiro atoms. The Hall–Kier alpha value is -3.31. The van der Waals surface area contributed by atoms with E-state index in [2.05, 4.69) is 14.7 Å². The lowest BCUT2D eigenvalue weighted by molar-refractivity contribution is 0.0322. The summed E-state index contributed by atoms with van der Waals surface area (Å²) in [5.74, 6) is 0.307. The van der Waals surface area contributed by atoms with Crippen LogP contribution in [0.1, 0.15) is 52.3 Å². The lowest BCUT2D eigenvalue weighted by Gasteiger charge is -2.27. The fraction of sp³-hybridized carbons (Fsp3) is 0.414. The van der Waals surface area contributed by atoms with Crippen LogP contribution in [-0.2, 0) is 10.2 Å². The smallest absolute Gasteiger partial charge is 0.274 e. The highest BCUT2D eigenvalue weighted by Crippen LogP contribution is 2.48. The van der Waals surface area contributed by atoms with E-state index in [0.29, 0.717) is 12.2 Å². The number of hydrogen-bond acceptors (Lipinski definition) is 8. The van der Waals surface area contributed by atoms with Crippen molar-refractivity contribution in [2.45, 2.75) is 38.0 Å². The van der Waals surface area contributed by atoms with E-state index in [-0.39, 0.29) is 5.41 Å². The van der Waals surface area contributed by atoms with E-state index >= 15 is 0 Å². The van der Waals surface area contributed by atoms with Gasteiger partial charge in [-0.15, -0.1) is 11.3 Å². The number of aromatic nitrogens is 3. The Balaban J connectivity index is 1.24. The van der Waals surface area contributed by atoms with E-state index < -0.39 is 5.91 Å². The van der Waals surface area contributed by atoms with Gasteiger partial charge in [-0.25, -0.2) is 15.4 Å². The molecule has 1 aliphatic heterocycles. The maximum atomic E-state index is 11.8. The van der Waals surface area contributed by atoms with Gasteiger partial charge >= 0.3 is 0 Å². The molecule has 1 aliphatic carbocycles. The molecule has 39 heavy (non-hydrogen) atoms. The van der Waals surface area contributed by atoms with Gasteiger partial charge in [0.05, 0.1) is 24.6 Å². The minimum atomic E-state index is -0.507. The molecule has 1 amide bonds. The molecule has 0 unspecified atom stereocenters. The normalized spacial score (nSPS) is 17.5. The number of thiazole rings is 1. The number of morpholine rings is 1. The second-order valence-electron chi connectivity index (χ2n) is 10.3. The SMILES string of the molecule is Cc1nc2cc(OCCN3CCOCC3)ccn2c1-c1csc(C2(c3ccc(C(=O)NO)cc3)CCCC2)n1. The summed E-state index contributed by atoms with van der Waals surface area (Å²) in [6.45, 7) is 7.02. The molecule has 9 nitrogen and oxygen atoms in total. The molecule has 1 saturated heterocycles. The predicted octanol–water partition coefficient (Wildman–Crippen LogP) is 4.46. The summed E-state index contributed by atoms with van der Waals surface area (Å²) in [6.07, 6.45) is 6.32. The number of nitrogens with one attached hydrogen (secondary N) is 1.